The van der Waals surface area contributed by atoms with Gasteiger partial charge in [0.1, 0.15) is 28.6 Å². The normalized spacial score (nSPS) is 16.1. The lowest BCUT2D eigenvalue weighted by Gasteiger charge is -2.32. The zero-order valence-corrected chi connectivity index (χ0v) is 19.5. The number of benzene rings is 2. The highest BCUT2D eigenvalue weighted by Gasteiger charge is 2.31. The summed E-state index contributed by atoms with van der Waals surface area (Å²) in [4.78, 5) is 25.9. The number of ether oxygens (including phenoxy) is 1. The van der Waals surface area contributed by atoms with E-state index in [-0.39, 0.29) is 35.1 Å². The van der Waals surface area contributed by atoms with Gasteiger partial charge in [0, 0.05) is 24.7 Å². The molecule has 2 amide bonds. The molecule has 12 heteroatoms. The summed E-state index contributed by atoms with van der Waals surface area (Å²) in [5.41, 5.74) is 12.5. The fraction of sp³-hybridized carbons (Fsp3) is 0.240. The van der Waals surface area contributed by atoms with Crippen LogP contribution in [0.4, 0.5) is 19.0 Å². The Hall–Kier alpha value is -4.32. The number of carbonyl (C=O) groups is 2. The zero-order valence-electron chi connectivity index (χ0n) is 19.5. The molecule has 1 aliphatic heterocycles. The van der Waals surface area contributed by atoms with Crippen molar-refractivity contribution in [3.63, 3.8) is 0 Å². The van der Waals surface area contributed by atoms with Crippen LogP contribution in [0.2, 0.25) is 0 Å². The van der Waals surface area contributed by atoms with E-state index in [0.717, 1.165) is 18.2 Å². The molecule has 5 N–H and O–H groups in total. The number of likely N-dealkylation sites (tertiary alicyclic amines) is 1. The van der Waals surface area contributed by atoms with Crippen LogP contribution in [0.5, 0.6) is 11.5 Å². The van der Waals surface area contributed by atoms with Crippen LogP contribution in [0, 0.1) is 11.6 Å². The highest BCUT2D eigenvalue weighted by molar-refractivity contribution is 6.03. The number of nitrogen functional groups attached to an aromatic ring is 1. The molecule has 194 valence electrons. The van der Waals surface area contributed by atoms with Crippen molar-refractivity contribution in [1.82, 2.24) is 14.7 Å². The van der Waals surface area contributed by atoms with E-state index in [1.54, 1.807) is 12.1 Å². The maximum absolute atomic E-state index is 13.9. The first-order valence-electron chi connectivity index (χ1n) is 11.4. The zero-order chi connectivity index (χ0) is 26.7. The van der Waals surface area contributed by atoms with Gasteiger partial charge in [0.05, 0.1) is 12.6 Å². The number of aliphatic hydroxyl groups excluding tert-OH is 1. The van der Waals surface area contributed by atoms with Crippen LogP contribution in [-0.2, 0) is 4.79 Å². The van der Waals surface area contributed by atoms with E-state index in [0.29, 0.717) is 31.0 Å². The summed E-state index contributed by atoms with van der Waals surface area (Å²) in [5.74, 6) is -4.23. The fourth-order valence-electron chi connectivity index (χ4n) is 4.19. The van der Waals surface area contributed by atoms with Gasteiger partial charge in [-0.3, -0.25) is 9.59 Å². The van der Waals surface area contributed by atoms with E-state index in [1.165, 1.54) is 21.7 Å². The summed E-state index contributed by atoms with van der Waals surface area (Å²) >= 11 is 0. The lowest BCUT2D eigenvalue weighted by molar-refractivity contribution is -0.130. The van der Waals surface area contributed by atoms with Gasteiger partial charge in [-0.15, -0.1) is 0 Å². The quantitative estimate of drug-likeness (QED) is 0.413. The van der Waals surface area contributed by atoms with Crippen LogP contribution in [0.1, 0.15) is 29.2 Å². The first-order chi connectivity index (χ1) is 17.7. The third-order valence-corrected chi connectivity index (χ3v) is 5.95. The van der Waals surface area contributed by atoms with E-state index >= 15 is 0 Å². The molecule has 3 aromatic rings. The van der Waals surface area contributed by atoms with Crippen LogP contribution in [0.3, 0.4) is 0 Å². The molecular weight excluding hydrogens is 491 g/mol. The summed E-state index contributed by atoms with van der Waals surface area (Å²) in [6, 6.07) is 8.65. The lowest BCUT2D eigenvalue weighted by Crippen LogP contribution is -2.41. The number of aliphatic hydroxyl groups is 1. The van der Waals surface area contributed by atoms with Crippen molar-refractivity contribution in [2.24, 2.45) is 5.73 Å². The number of piperidine rings is 1. The van der Waals surface area contributed by atoms with Crippen molar-refractivity contribution in [3.05, 3.63) is 71.6 Å². The number of aromatic nitrogens is 2. The molecule has 4 rings (SSSR count). The molecule has 37 heavy (non-hydrogen) atoms. The van der Waals surface area contributed by atoms with Gasteiger partial charge in [0.25, 0.3) is 11.8 Å². The molecule has 2 aromatic carbocycles. The molecular formula is C25H24F3N5O4. The van der Waals surface area contributed by atoms with Gasteiger partial charge in [-0.25, -0.2) is 17.9 Å². The molecule has 2 heterocycles. The topological polar surface area (TPSA) is 137 Å². The Morgan fingerprint density at radius 3 is 2.57 bits per heavy atom. The van der Waals surface area contributed by atoms with Crippen LogP contribution >= 0.6 is 0 Å². The lowest BCUT2D eigenvalue weighted by atomic mass is 10.0. The smallest absolute Gasteiger partial charge is 0.282 e. The van der Waals surface area contributed by atoms with Crippen LogP contribution in [0.15, 0.2) is 54.4 Å². The highest BCUT2D eigenvalue weighted by Crippen LogP contribution is 2.34. The summed E-state index contributed by atoms with van der Waals surface area (Å²) in [6.45, 7) is -0.200. The molecule has 0 saturated carbocycles. The Bertz CT molecular complexity index is 1360. The molecule has 0 bridgehead atoms. The Kier molecular flexibility index (Phi) is 7.48. The Labute approximate surface area is 209 Å². The number of primary amides is 1. The first-order valence-corrected chi connectivity index (χ1v) is 11.4. The van der Waals surface area contributed by atoms with Gasteiger partial charge in [-0.1, -0.05) is 0 Å². The molecule has 1 aliphatic rings. The van der Waals surface area contributed by atoms with E-state index < -0.39 is 41.9 Å². The molecule has 0 spiro atoms. The van der Waals surface area contributed by atoms with Crippen molar-refractivity contribution < 1.29 is 32.6 Å². The highest BCUT2D eigenvalue weighted by atomic mass is 19.1. The fourth-order valence-corrected chi connectivity index (χ4v) is 4.19. The molecule has 0 aliphatic carbocycles. The molecule has 1 saturated heterocycles. The summed E-state index contributed by atoms with van der Waals surface area (Å²) in [7, 11) is 0. The second kappa shape index (κ2) is 10.7. The van der Waals surface area contributed by atoms with Gasteiger partial charge in [0.2, 0.25) is 0 Å². The number of hydrogen-bond acceptors (Lipinski definition) is 6. The van der Waals surface area contributed by atoms with Gasteiger partial charge in [-0.2, -0.15) is 5.10 Å². The summed E-state index contributed by atoms with van der Waals surface area (Å²) in [6.07, 6.45) is 1.89. The maximum atomic E-state index is 13.9. The average molecular weight is 515 g/mol. The standard InChI is InChI=1S/C25H24F3N5O4/c26-15-5-8-20(19(28)12-15)37-17-6-3-14(4-7-17)22-21(24(30)35)23(29)33(31-22)16-2-1-10-32(13-16)25(36)18(27)9-11-34/h3-9,12,16,34H,1-2,10-11,13,29H2,(H2,30,35)/b18-9-. The van der Waals surface area contributed by atoms with Gasteiger partial charge in [-0.05, 0) is 55.3 Å². The number of nitrogens with two attached hydrogens (primary N) is 2. The van der Waals surface area contributed by atoms with E-state index in [1.807, 2.05) is 0 Å². The number of rotatable bonds is 7. The minimum absolute atomic E-state index is 0.00174. The van der Waals surface area contributed by atoms with Crippen molar-refractivity contribution >= 4 is 17.6 Å². The van der Waals surface area contributed by atoms with Crippen LogP contribution in [-0.4, -0.2) is 51.3 Å². The average Bonchev–Trinajstić information content (AvgIpc) is 3.23. The number of halogens is 3. The number of carbonyl (C=O) groups excluding carboxylic acids is 2. The van der Waals surface area contributed by atoms with Crippen molar-refractivity contribution in [1.29, 1.82) is 0 Å². The summed E-state index contributed by atoms with van der Waals surface area (Å²) in [5, 5.41) is 13.4. The van der Waals surface area contributed by atoms with Crippen molar-refractivity contribution in [3.8, 4) is 22.8 Å². The SMILES string of the molecule is NC(=O)c1c(-c2ccc(Oc3ccc(F)cc3F)cc2)nn(C2CCCN(C(=O)/C(F)=C/CO)C2)c1N. The first kappa shape index (κ1) is 25.8. The number of hydrogen-bond donors (Lipinski definition) is 3. The third-order valence-electron chi connectivity index (χ3n) is 5.95. The van der Waals surface area contributed by atoms with Crippen molar-refractivity contribution in [2.75, 3.05) is 25.4 Å². The molecule has 0 radical (unpaired) electrons. The van der Waals surface area contributed by atoms with Crippen molar-refractivity contribution in [2.45, 2.75) is 18.9 Å². The van der Waals surface area contributed by atoms with Crippen LogP contribution in [0.25, 0.3) is 11.3 Å². The maximum Gasteiger partial charge on any atom is 0.282 e. The molecule has 1 aromatic heterocycles. The second-order valence-electron chi connectivity index (χ2n) is 8.40. The number of amides is 2. The predicted molar refractivity (Wildman–Crippen MR) is 128 cm³/mol. The second-order valence-corrected chi connectivity index (χ2v) is 8.40. The molecule has 1 atom stereocenters. The number of nitrogens with zero attached hydrogens (tertiary/aromatic N) is 3. The van der Waals surface area contributed by atoms with E-state index in [4.69, 9.17) is 21.3 Å². The Morgan fingerprint density at radius 2 is 1.92 bits per heavy atom. The van der Waals surface area contributed by atoms with Gasteiger partial charge in [0.15, 0.2) is 17.4 Å². The Balaban J connectivity index is 1.60. The van der Waals surface area contributed by atoms with Gasteiger partial charge < -0.3 is 26.2 Å². The Morgan fingerprint density at radius 1 is 1.19 bits per heavy atom. The summed E-state index contributed by atoms with van der Waals surface area (Å²) < 4.78 is 47.8. The minimum Gasteiger partial charge on any atom is -0.454 e. The number of anilines is 1. The predicted octanol–water partition coefficient (Wildman–Crippen LogP) is 3.31. The van der Waals surface area contributed by atoms with Crippen LogP contribution < -0.4 is 16.2 Å². The minimum atomic E-state index is -1.06. The van der Waals surface area contributed by atoms with Gasteiger partial charge >= 0.3 is 0 Å². The largest absolute Gasteiger partial charge is 0.454 e. The molecule has 1 fully saturated rings. The monoisotopic (exact) mass is 515 g/mol. The molecule has 1 unspecified atom stereocenters. The van der Waals surface area contributed by atoms with E-state index in [2.05, 4.69) is 5.10 Å². The third kappa shape index (κ3) is 5.43. The van der Waals surface area contributed by atoms with E-state index in [9.17, 15) is 22.8 Å². The molecule has 9 nitrogen and oxygen atoms in total.